The topological polar surface area (TPSA) is 117 Å². The van der Waals surface area contributed by atoms with E-state index in [2.05, 4.69) is 9.97 Å². The van der Waals surface area contributed by atoms with E-state index in [4.69, 9.17) is 0 Å². The number of nitrogens with one attached hydrogen (secondary N) is 1. The number of hydrogen-bond donors (Lipinski definition) is 2. The maximum atomic E-state index is 14.7. The summed E-state index contributed by atoms with van der Waals surface area (Å²) in [6.07, 6.45) is -3.01. The van der Waals surface area contributed by atoms with Crippen molar-refractivity contribution in [2.45, 2.75) is 37.6 Å². The summed E-state index contributed by atoms with van der Waals surface area (Å²) in [5.41, 5.74) is -1.74. The quantitative estimate of drug-likeness (QED) is 0.513. The molecule has 13 heteroatoms. The van der Waals surface area contributed by atoms with Crippen LogP contribution in [0.25, 0.3) is 16.9 Å². The number of carbonyl (C=O) groups excluding carboxylic acids is 2. The molecule has 1 aliphatic heterocycles. The van der Waals surface area contributed by atoms with Crippen LogP contribution >= 0.6 is 0 Å². The van der Waals surface area contributed by atoms with E-state index in [1.165, 1.54) is 29.3 Å². The van der Waals surface area contributed by atoms with E-state index in [1.807, 2.05) is 5.32 Å². The molecule has 2 N–H and O–H groups in total. The van der Waals surface area contributed by atoms with Crippen molar-refractivity contribution in [3.63, 3.8) is 0 Å². The van der Waals surface area contributed by atoms with Gasteiger partial charge in [0.25, 0.3) is 5.91 Å². The number of aliphatic hydroxyl groups excluding tert-OH is 1. The van der Waals surface area contributed by atoms with E-state index < -0.39 is 52.9 Å². The number of hydrogen-bond acceptors (Lipinski definition) is 6. The fourth-order valence-electron chi connectivity index (χ4n) is 4.25. The molecule has 2 aliphatic rings. The highest BCUT2D eigenvalue weighted by molar-refractivity contribution is 5.99. The van der Waals surface area contributed by atoms with Crippen molar-refractivity contribution in [2.75, 3.05) is 11.4 Å². The van der Waals surface area contributed by atoms with Gasteiger partial charge in [-0.15, -0.1) is 0 Å². The first-order chi connectivity index (χ1) is 17.0. The number of rotatable bonds is 5. The summed E-state index contributed by atoms with van der Waals surface area (Å²) in [6, 6.07) is 2.82. The molecule has 0 bridgehead atoms. The van der Waals surface area contributed by atoms with Crippen LogP contribution in [0, 0.1) is 11.7 Å². The van der Waals surface area contributed by atoms with Crippen molar-refractivity contribution in [1.29, 1.82) is 0 Å². The van der Waals surface area contributed by atoms with Crippen LogP contribution in [0.15, 0.2) is 41.5 Å². The van der Waals surface area contributed by atoms with E-state index in [0.29, 0.717) is 12.8 Å². The molecular weight excluding hydrogens is 486 g/mol. The van der Waals surface area contributed by atoms with Gasteiger partial charge in [0.15, 0.2) is 17.3 Å². The van der Waals surface area contributed by atoms with Crippen LogP contribution < -0.4 is 15.6 Å². The zero-order chi connectivity index (χ0) is 25.8. The fourth-order valence-corrected chi connectivity index (χ4v) is 4.25. The highest BCUT2D eigenvalue weighted by atomic mass is 19.4. The highest BCUT2D eigenvalue weighted by Gasteiger charge is 2.50. The van der Waals surface area contributed by atoms with Gasteiger partial charge in [0.1, 0.15) is 17.4 Å². The molecule has 5 rings (SSSR count). The van der Waals surface area contributed by atoms with Crippen molar-refractivity contribution >= 4 is 28.7 Å². The number of β-amino-alcohol motifs (C(OH)–C–C–N with tert-alkyl or cyclic N) is 1. The van der Waals surface area contributed by atoms with Crippen LogP contribution in [0.5, 0.6) is 0 Å². The number of alkyl halides is 3. The van der Waals surface area contributed by atoms with E-state index in [0.717, 1.165) is 16.8 Å². The molecule has 3 aromatic rings. The Balaban J connectivity index is 1.66. The SMILES string of the molecule is O=C(N[C@H](C1CC1)C(F)(F)F)c1cn(-c2ncccc2F)c2nc(N3C[C@@H](O)CC3=O)ccc2c1=O. The second kappa shape index (κ2) is 8.66. The Morgan fingerprint density at radius 1 is 1.19 bits per heavy atom. The molecule has 2 amide bonds. The standard InChI is InChI=1S/C23H19F4N5O4/c24-15-2-1-7-28-21(15)32-10-14(22(36)30-19(11-3-4-11)23(25,26)27)18(35)13-5-6-16(29-20(13)32)31-9-12(33)8-17(31)34/h1-2,5-7,10-12,19,33H,3-4,8-9H2,(H,30,36)/t12-,19+/m0/s1. The molecule has 1 saturated heterocycles. The minimum atomic E-state index is -4.71. The van der Waals surface area contributed by atoms with E-state index in [1.54, 1.807) is 0 Å². The van der Waals surface area contributed by atoms with Gasteiger partial charge in [-0.1, -0.05) is 0 Å². The second-order valence-corrected chi connectivity index (χ2v) is 8.78. The van der Waals surface area contributed by atoms with Crippen LogP contribution in [0.2, 0.25) is 0 Å². The van der Waals surface area contributed by atoms with Gasteiger partial charge in [0.05, 0.1) is 24.5 Å². The van der Waals surface area contributed by atoms with E-state index >= 15 is 0 Å². The third kappa shape index (κ3) is 4.30. The summed E-state index contributed by atoms with van der Waals surface area (Å²) in [5.74, 6) is -3.59. The van der Waals surface area contributed by atoms with Crippen molar-refractivity contribution in [2.24, 2.45) is 5.92 Å². The third-order valence-electron chi connectivity index (χ3n) is 6.16. The van der Waals surface area contributed by atoms with E-state index in [-0.39, 0.29) is 35.6 Å². The first-order valence-corrected chi connectivity index (χ1v) is 11.1. The lowest BCUT2D eigenvalue weighted by atomic mass is 10.1. The Kier molecular flexibility index (Phi) is 5.74. The minimum absolute atomic E-state index is 0.0417. The number of fused-ring (bicyclic) bond motifs is 1. The average Bonchev–Trinajstić information content (AvgIpc) is 3.60. The molecule has 36 heavy (non-hydrogen) atoms. The van der Waals surface area contributed by atoms with Crippen molar-refractivity contribution in [3.8, 4) is 5.82 Å². The van der Waals surface area contributed by atoms with Gasteiger partial charge in [-0.2, -0.15) is 13.2 Å². The van der Waals surface area contributed by atoms with Gasteiger partial charge in [0, 0.05) is 12.4 Å². The molecule has 1 aliphatic carbocycles. The minimum Gasteiger partial charge on any atom is -0.391 e. The lowest BCUT2D eigenvalue weighted by molar-refractivity contribution is -0.158. The van der Waals surface area contributed by atoms with Gasteiger partial charge < -0.3 is 10.4 Å². The number of amides is 2. The zero-order valence-electron chi connectivity index (χ0n) is 18.5. The second-order valence-electron chi connectivity index (χ2n) is 8.78. The molecule has 0 spiro atoms. The molecule has 0 radical (unpaired) electrons. The fraction of sp³-hybridized carbons (Fsp3) is 0.348. The number of aliphatic hydroxyl groups is 1. The van der Waals surface area contributed by atoms with Crippen molar-refractivity contribution in [1.82, 2.24) is 19.9 Å². The van der Waals surface area contributed by atoms with Crippen LogP contribution in [-0.4, -0.2) is 56.3 Å². The third-order valence-corrected chi connectivity index (χ3v) is 6.16. The van der Waals surface area contributed by atoms with Crippen LogP contribution in [0.1, 0.15) is 29.6 Å². The number of nitrogens with zero attached hydrogens (tertiary/aromatic N) is 4. The molecular formula is C23H19F4N5O4. The first-order valence-electron chi connectivity index (χ1n) is 11.1. The largest absolute Gasteiger partial charge is 0.408 e. The van der Waals surface area contributed by atoms with Crippen LogP contribution in [0.4, 0.5) is 23.4 Å². The monoisotopic (exact) mass is 505 g/mol. The molecule has 0 unspecified atom stereocenters. The van der Waals surface area contributed by atoms with Crippen molar-refractivity contribution < 1.29 is 32.3 Å². The van der Waals surface area contributed by atoms with E-state index in [9.17, 15) is 37.1 Å². The van der Waals surface area contributed by atoms with Gasteiger partial charge >= 0.3 is 6.18 Å². The molecule has 2 atom stereocenters. The summed E-state index contributed by atoms with van der Waals surface area (Å²) in [7, 11) is 0. The number of halogens is 4. The summed E-state index contributed by atoms with van der Waals surface area (Å²) >= 11 is 0. The summed E-state index contributed by atoms with van der Waals surface area (Å²) in [4.78, 5) is 47.7. The number of aromatic nitrogens is 3. The van der Waals surface area contributed by atoms with Crippen LogP contribution in [-0.2, 0) is 4.79 Å². The summed E-state index contributed by atoms with van der Waals surface area (Å²) in [5, 5.41) is 11.5. The lowest BCUT2D eigenvalue weighted by Gasteiger charge is -2.22. The molecule has 0 aromatic carbocycles. The number of carbonyl (C=O) groups is 2. The lowest BCUT2D eigenvalue weighted by Crippen LogP contribution is -2.48. The smallest absolute Gasteiger partial charge is 0.391 e. The Labute approximate surface area is 200 Å². The maximum absolute atomic E-state index is 14.7. The summed E-state index contributed by atoms with van der Waals surface area (Å²) < 4.78 is 56.1. The molecule has 4 heterocycles. The molecule has 3 aromatic heterocycles. The van der Waals surface area contributed by atoms with Gasteiger partial charge in [-0.05, 0) is 43.0 Å². The number of anilines is 1. The van der Waals surface area contributed by atoms with Gasteiger partial charge in [0.2, 0.25) is 11.3 Å². The Morgan fingerprint density at radius 2 is 1.94 bits per heavy atom. The molecule has 9 nitrogen and oxygen atoms in total. The zero-order valence-corrected chi connectivity index (χ0v) is 18.5. The summed E-state index contributed by atoms with van der Waals surface area (Å²) in [6.45, 7) is -0.0417. The van der Waals surface area contributed by atoms with Crippen molar-refractivity contribution in [3.05, 3.63) is 58.3 Å². The highest BCUT2D eigenvalue weighted by Crippen LogP contribution is 2.40. The average molecular weight is 505 g/mol. The number of pyridine rings is 3. The molecule has 188 valence electrons. The molecule has 1 saturated carbocycles. The maximum Gasteiger partial charge on any atom is 0.408 e. The predicted molar refractivity (Wildman–Crippen MR) is 118 cm³/mol. The predicted octanol–water partition coefficient (Wildman–Crippen LogP) is 2.09. The normalized spacial score (nSPS) is 19.1. The Hall–Kier alpha value is -3.87. The Morgan fingerprint density at radius 3 is 2.56 bits per heavy atom. The van der Waals surface area contributed by atoms with Gasteiger partial charge in [-0.3, -0.25) is 23.9 Å². The molecule has 2 fully saturated rings. The van der Waals surface area contributed by atoms with Crippen LogP contribution in [0.3, 0.4) is 0 Å². The van der Waals surface area contributed by atoms with Gasteiger partial charge in [-0.25, -0.2) is 14.4 Å². The Bertz CT molecular complexity index is 1440. The first kappa shape index (κ1) is 23.9.